The van der Waals surface area contributed by atoms with Crippen LogP contribution in [0.15, 0.2) is 24.3 Å². The summed E-state index contributed by atoms with van der Waals surface area (Å²) in [5.74, 6) is -0.100. The Hall–Kier alpha value is -1.70. The van der Waals surface area contributed by atoms with Crippen molar-refractivity contribution in [3.05, 3.63) is 35.6 Å². The van der Waals surface area contributed by atoms with Crippen molar-refractivity contribution in [3.63, 3.8) is 0 Å². The van der Waals surface area contributed by atoms with Gasteiger partial charge in [-0.05, 0) is 61.3 Å². The molecule has 174 valence electrons. The third-order valence-corrected chi connectivity index (χ3v) is 6.95. The van der Waals surface area contributed by atoms with Crippen LogP contribution in [0.3, 0.4) is 0 Å². The van der Waals surface area contributed by atoms with E-state index in [2.05, 4.69) is 15.1 Å². The molecule has 2 fully saturated rings. The number of nitrogens with one attached hydrogen (secondary N) is 1. The smallest absolute Gasteiger partial charge is 0.404 e. The monoisotopic (exact) mass is 435 g/mol. The van der Waals surface area contributed by atoms with Crippen LogP contribution in [0.4, 0.5) is 9.18 Å². The summed E-state index contributed by atoms with van der Waals surface area (Å²) < 4.78 is 13.5. The molecule has 1 aromatic rings. The highest BCUT2D eigenvalue weighted by atomic mass is 19.1. The second-order valence-corrected chi connectivity index (χ2v) is 10.3. The molecule has 0 spiro atoms. The third-order valence-electron chi connectivity index (χ3n) is 6.95. The standard InChI is InChI=1S/C24H38FN3O3/c1-24(2,3)22(26-23(30)31)14-18(17-4-6-19(25)7-5-17)8-11-27-15-20(16-27)28-12-9-21(29)10-13-28/h4-7,18,20-22,26,29H,8-16H2,1-3H3,(H,30,31). The lowest BCUT2D eigenvalue weighted by molar-refractivity contribution is -0.00549. The molecule has 2 atom stereocenters. The van der Waals surface area contributed by atoms with Crippen LogP contribution in [-0.4, -0.2) is 77.0 Å². The molecule has 2 heterocycles. The SMILES string of the molecule is CC(C)(C)C(CC(CCN1CC(N2CCC(O)CC2)C1)c1ccc(F)cc1)NC(=O)O. The molecule has 0 bridgehead atoms. The molecule has 0 saturated carbocycles. The van der Waals surface area contributed by atoms with Crippen LogP contribution >= 0.6 is 0 Å². The van der Waals surface area contributed by atoms with Gasteiger partial charge in [0, 0.05) is 38.3 Å². The molecule has 0 aliphatic carbocycles. The normalized spacial score (nSPS) is 21.5. The van der Waals surface area contributed by atoms with Crippen LogP contribution in [0.25, 0.3) is 0 Å². The Morgan fingerprint density at radius 1 is 1.19 bits per heavy atom. The lowest BCUT2D eigenvalue weighted by Gasteiger charge is -2.47. The van der Waals surface area contributed by atoms with Gasteiger partial charge in [-0.1, -0.05) is 32.9 Å². The van der Waals surface area contributed by atoms with E-state index >= 15 is 0 Å². The van der Waals surface area contributed by atoms with Gasteiger partial charge in [0.25, 0.3) is 0 Å². The Morgan fingerprint density at radius 3 is 2.35 bits per heavy atom. The van der Waals surface area contributed by atoms with Crippen LogP contribution in [0.2, 0.25) is 0 Å². The van der Waals surface area contributed by atoms with E-state index in [0.717, 1.165) is 57.5 Å². The van der Waals surface area contributed by atoms with Crippen molar-refractivity contribution < 1.29 is 19.4 Å². The predicted molar refractivity (Wildman–Crippen MR) is 120 cm³/mol. The first-order valence-electron chi connectivity index (χ1n) is 11.5. The zero-order valence-corrected chi connectivity index (χ0v) is 19.1. The van der Waals surface area contributed by atoms with Crippen molar-refractivity contribution >= 4 is 6.09 Å². The number of hydrogen-bond donors (Lipinski definition) is 3. The van der Waals surface area contributed by atoms with E-state index in [0.29, 0.717) is 12.5 Å². The van der Waals surface area contributed by atoms with Crippen LogP contribution in [-0.2, 0) is 0 Å². The minimum Gasteiger partial charge on any atom is -0.465 e. The van der Waals surface area contributed by atoms with E-state index in [1.165, 1.54) is 12.1 Å². The maximum atomic E-state index is 13.5. The quantitative estimate of drug-likeness (QED) is 0.583. The first-order valence-corrected chi connectivity index (χ1v) is 11.5. The summed E-state index contributed by atoms with van der Waals surface area (Å²) in [6.45, 7) is 11.1. The highest BCUT2D eigenvalue weighted by molar-refractivity contribution is 5.65. The maximum Gasteiger partial charge on any atom is 0.404 e. The van der Waals surface area contributed by atoms with Crippen molar-refractivity contribution in [3.8, 4) is 0 Å². The highest BCUT2D eigenvalue weighted by Crippen LogP contribution is 2.33. The molecule has 3 N–H and O–H groups in total. The highest BCUT2D eigenvalue weighted by Gasteiger charge is 2.34. The molecule has 0 radical (unpaired) electrons. The number of likely N-dealkylation sites (tertiary alicyclic amines) is 2. The average Bonchev–Trinajstić information content (AvgIpc) is 2.66. The van der Waals surface area contributed by atoms with Crippen molar-refractivity contribution in [1.29, 1.82) is 0 Å². The number of amides is 1. The van der Waals surface area contributed by atoms with Crippen LogP contribution in [0.5, 0.6) is 0 Å². The average molecular weight is 436 g/mol. The van der Waals surface area contributed by atoms with Gasteiger partial charge in [0.05, 0.1) is 6.10 Å². The zero-order chi connectivity index (χ0) is 22.6. The zero-order valence-electron chi connectivity index (χ0n) is 19.1. The Kier molecular flexibility index (Phi) is 7.94. The summed E-state index contributed by atoms with van der Waals surface area (Å²) >= 11 is 0. The van der Waals surface area contributed by atoms with Gasteiger partial charge in [-0.25, -0.2) is 9.18 Å². The second kappa shape index (κ2) is 10.3. The fourth-order valence-corrected chi connectivity index (χ4v) is 4.76. The summed E-state index contributed by atoms with van der Waals surface area (Å²) in [6.07, 6.45) is 2.18. The lowest BCUT2D eigenvalue weighted by atomic mass is 9.78. The van der Waals surface area contributed by atoms with Crippen LogP contribution < -0.4 is 5.32 Å². The van der Waals surface area contributed by atoms with Gasteiger partial charge in [-0.3, -0.25) is 4.90 Å². The number of hydrogen-bond acceptors (Lipinski definition) is 4. The number of halogens is 1. The number of carboxylic acid groups (broad SMARTS) is 1. The van der Waals surface area contributed by atoms with Gasteiger partial charge in [0.2, 0.25) is 0 Å². The van der Waals surface area contributed by atoms with Gasteiger partial charge >= 0.3 is 6.09 Å². The Morgan fingerprint density at radius 2 is 1.81 bits per heavy atom. The number of nitrogens with zero attached hydrogens (tertiary/aromatic N) is 2. The second-order valence-electron chi connectivity index (χ2n) is 10.3. The number of carbonyl (C=O) groups is 1. The first-order chi connectivity index (χ1) is 14.6. The van der Waals surface area contributed by atoms with Gasteiger partial charge in [-0.2, -0.15) is 0 Å². The van der Waals surface area contributed by atoms with E-state index in [9.17, 15) is 19.4 Å². The molecule has 3 rings (SSSR count). The van der Waals surface area contributed by atoms with Crippen LogP contribution in [0, 0.1) is 11.2 Å². The van der Waals surface area contributed by atoms with Gasteiger partial charge in [0.15, 0.2) is 0 Å². The molecule has 31 heavy (non-hydrogen) atoms. The molecule has 1 aromatic carbocycles. The molecule has 1 amide bonds. The lowest BCUT2D eigenvalue weighted by Crippen LogP contribution is -2.61. The molecular weight excluding hydrogens is 397 g/mol. The minimum atomic E-state index is -1.00. The number of aliphatic hydroxyl groups excluding tert-OH is 1. The van der Waals surface area contributed by atoms with E-state index in [1.54, 1.807) is 0 Å². The topological polar surface area (TPSA) is 76.0 Å². The molecule has 2 saturated heterocycles. The Labute approximate surface area is 185 Å². The Bertz CT molecular complexity index is 708. The van der Waals surface area contributed by atoms with Crippen molar-refractivity contribution in [2.75, 3.05) is 32.7 Å². The molecule has 7 heteroatoms. The maximum absolute atomic E-state index is 13.5. The fraction of sp³-hybridized carbons (Fsp3) is 0.708. The Balaban J connectivity index is 1.58. The molecule has 2 aliphatic rings. The first kappa shape index (κ1) is 24.0. The van der Waals surface area contributed by atoms with Crippen molar-refractivity contribution in [2.24, 2.45) is 5.41 Å². The molecular formula is C24H38FN3O3. The minimum absolute atomic E-state index is 0.140. The molecule has 0 aromatic heterocycles. The summed E-state index contributed by atoms with van der Waals surface area (Å²) in [5.41, 5.74) is 0.849. The predicted octanol–water partition coefficient (Wildman–Crippen LogP) is 3.51. The van der Waals surface area contributed by atoms with E-state index in [1.807, 2.05) is 32.9 Å². The molecule has 6 nitrogen and oxygen atoms in total. The van der Waals surface area contributed by atoms with Gasteiger partial charge < -0.3 is 20.4 Å². The van der Waals surface area contributed by atoms with E-state index in [-0.39, 0.29) is 29.3 Å². The van der Waals surface area contributed by atoms with E-state index < -0.39 is 6.09 Å². The van der Waals surface area contributed by atoms with Crippen molar-refractivity contribution in [2.45, 2.75) is 70.6 Å². The molecule has 2 unspecified atom stereocenters. The number of rotatable bonds is 8. The molecule has 2 aliphatic heterocycles. The van der Waals surface area contributed by atoms with Gasteiger partial charge in [0.1, 0.15) is 5.82 Å². The summed E-state index contributed by atoms with van der Waals surface area (Å²) in [7, 11) is 0. The fourth-order valence-electron chi connectivity index (χ4n) is 4.76. The summed E-state index contributed by atoms with van der Waals surface area (Å²) in [5, 5.41) is 21.7. The number of aliphatic hydroxyl groups is 1. The van der Waals surface area contributed by atoms with E-state index in [4.69, 9.17) is 0 Å². The largest absolute Gasteiger partial charge is 0.465 e. The number of benzene rings is 1. The van der Waals surface area contributed by atoms with Crippen molar-refractivity contribution in [1.82, 2.24) is 15.1 Å². The third kappa shape index (κ3) is 6.89. The van der Waals surface area contributed by atoms with Crippen LogP contribution in [0.1, 0.15) is 57.9 Å². The summed E-state index contributed by atoms with van der Waals surface area (Å²) in [6, 6.07) is 7.03. The van der Waals surface area contributed by atoms with Gasteiger partial charge in [-0.15, -0.1) is 0 Å². The number of piperidine rings is 1. The summed E-state index contributed by atoms with van der Waals surface area (Å²) in [4.78, 5) is 16.3.